The molecule has 1 heteroatoms. The van der Waals surface area contributed by atoms with Crippen LogP contribution in [0.5, 0.6) is 0 Å². The lowest BCUT2D eigenvalue weighted by molar-refractivity contribution is 0.672. The van der Waals surface area contributed by atoms with Gasteiger partial charge < -0.3 is 0 Å². The Morgan fingerprint density at radius 2 is 1.54 bits per heavy atom. The van der Waals surface area contributed by atoms with Crippen molar-refractivity contribution < 1.29 is 0 Å². The zero-order valence-electron chi connectivity index (χ0n) is 9.91. The molecular formula is C12H24Si. The van der Waals surface area contributed by atoms with Gasteiger partial charge in [-0.2, -0.15) is 0 Å². The average molecular weight is 196 g/mol. The zero-order valence-corrected chi connectivity index (χ0v) is 10.9. The molecule has 0 nitrogen and oxygen atoms in total. The summed E-state index contributed by atoms with van der Waals surface area (Å²) < 4.78 is 0. The fourth-order valence-electron chi connectivity index (χ4n) is 2.67. The normalized spacial score (nSPS) is 21.6. The number of hydrogen-bond acceptors (Lipinski definition) is 0. The van der Waals surface area contributed by atoms with Gasteiger partial charge in [0.05, 0.1) is 8.07 Å². The summed E-state index contributed by atoms with van der Waals surface area (Å²) in [4.78, 5) is 0. The van der Waals surface area contributed by atoms with Gasteiger partial charge >= 0.3 is 0 Å². The molecule has 13 heavy (non-hydrogen) atoms. The quantitative estimate of drug-likeness (QED) is 0.447. The van der Waals surface area contributed by atoms with Crippen LogP contribution < -0.4 is 0 Å². The Morgan fingerprint density at radius 1 is 1.08 bits per heavy atom. The molecule has 0 amide bonds. The third-order valence-corrected chi connectivity index (χ3v) is 7.19. The Balaban J connectivity index is 2.95. The summed E-state index contributed by atoms with van der Waals surface area (Å²) >= 11 is 0. The van der Waals surface area contributed by atoms with Crippen LogP contribution in [0.15, 0.2) is 11.6 Å². The third-order valence-electron chi connectivity index (χ3n) is 3.55. The smallest absolute Gasteiger partial charge is 0.0549 e. The minimum absolute atomic E-state index is 0.631. The maximum Gasteiger partial charge on any atom is 0.0549 e. The van der Waals surface area contributed by atoms with Gasteiger partial charge in [0.2, 0.25) is 0 Å². The maximum atomic E-state index is 2.59. The monoisotopic (exact) mass is 196 g/mol. The number of rotatable bonds is 2. The highest BCUT2D eigenvalue weighted by molar-refractivity contribution is 6.79. The maximum absolute atomic E-state index is 2.59. The molecule has 0 aromatic rings. The molecule has 0 N–H and O–H groups in total. The average Bonchev–Trinajstić information content (AvgIpc) is 2.33. The van der Waals surface area contributed by atoms with Gasteiger partial charge in [0.25, 0.3) is 0 Å². The van der Waals surface area contributed by atoms with Crippen LogP contribution in [0.3, 0.4) is 0 Å². The summed E-state index contributed by atoms with van der Waals surface area (Å²) in [6.07, 6.45) is 8.40. The predicted octanol–water partition coefficient (Wildman–Crippen LogP) is 4.61. The van der Waals surface area contributed by atoms with Gasteiger partial charge in [-0.05, 0) is 31.7 Å². The Morgan fingerprint density at radius 3 is 1.85 bits per heavy atom. The summed E-state index contributed by atoms with van der Waals surface area (Å²) in [7, 11) is -1.01. The molecule has 0 aromatic heterocycles. The van der Waals surface area contributed by atoms with Crippen LogP contribution in [-0.2, 0) is 0 Å². The highest BCUT2D eigenvalue weighted by atomic mass is 28.3. The largest absolute Gasteiger partial charge is 0.0824 e. The first-order valence-electron chi connectivity index (χ1n) is 5.53. The Bertz CT molecular complexity index is 198. The first-order chi connectivity index (χ1) is 5.87. The number of hydrogen-bond donors (Lipinski definition) is 0. The molecule has 1 aliphatic rings. The van der Waals surface area contributed by atoms with Crippen LogP contribution in [0.25, 0.3) is 0 Å². The van der Waals surface area contributed by atoms with Crippen molar-refractivity contribution in [1.29, 1.82) is 0 Å². The van der Waals surface area contributed by atoms with Crippen molar-refractivity contribution in [2.75, 3.05) is 0 Å². The van der Waals surface area contributed by atoms with Crippen LogP contribution in [0.4, 0.5) is 0 Å². The van der Waals surface area contributed by atoms with Crippen molar-refractivity contribution in [3.8, 4) is 0 Å². The van der Waals surface area contributed by atoms with Crippen LogP contribution in [0.1, 0.15) is 39.5 Å². The van der Waals surface area contributed by atoms with Crippen molar-refractivity contribution in [2.24, 2.45) is 0 Å². The molecule has 1 aliphatic carbocycles. The second-order valence-electron chi connectivity index (χ2n) is 5.83. The van der Waals surface area contributed by atoms with Gasteiger partial charge in [-0.3, -0.25) is 0 Å². The van der Waals surface area contributed by atoms with Crippen LogP contribution in [0, 0.1) is 0 Å². The van der Waals surface area contributed by atoms with Crippen LogP contribution in [0.2, 0.25) is 24.7 Å². The second-order valence-corrected chi connectivity index (χ2v) is 11.3. The van der Waals surface area contributed by atoms with Gasteiger partial charge in [-0.15, -0.1) is 0 Å². The van der Waals surface area contributed by atoms with E-state index in [2.05, 4.69) is 39.6 Å². The summed E-state index contributed by atoms with van der Waals surface area (Å²) in [5, 5.41) is 0.631. The topological polar surface area (TPSA) is 0 Å². The summed E-state index contributed by atoms with van der Waals surface area (Å²) in [6, 6.07) is 0. The van der Waals surface area contributed by atoms with Gasteiger partial charge in [0.15, 0.2) is 0 Å². The van der Waals surface area contributed by atoms with Crippen molar-refractivity contribution in [3.63, 3.8) is 0 Å². The third kappa shape index (κ3) is 2.25. The SMILES string of the molecule is CC(C)=CC1([Si](C)(C)C)CCCC1. The van der Waals surface area contributed by atoms with Crippen molar-refractivity contribution in [2.45, 2.75) is 64.2 Å². The molecule has 0 atom stereocenters. The summed E-state index contributed by atoms with van der Waals surface area (Å²) in [5.41, 5.74) is 1.52. The Kier molecular flexibility index (Phi) is 3.06. The Labute approximate surface area is 84.4 Å². The van der Waals surface area contributed by atoms with E-state index in [4.69, 9.17) is 0 Å². The van der Waals surface area contributed by atoms with Gasteiger partial charge in [-0.25, -0.2) is 0 Å². The Hall–Kier alpha value is -0.0431. The number of allylic oxidation sites excluding steroid dienone is 2. The van der Waals surface area contributed by atoms with Crippen LogP contribution >= 0.6 is 0 Å². The second kappa shape index (κ2) is 3.60. The lowest BCUT2D eigenvalue weighted by Crippen LogP contribution is -2.36. The van der Waals surface area contributed by atoms with Gasteiger partial charge in [0.1, 0.15) is 0 Å². The van der Waals surface area contributed by atoms with Crippen molar-refractivity contribution in [1.82, 2.24) is 0 Å². The van der Waals surface area contributed by atoms with E-state index in [-0.39, 0.29) is 0 Å². The molecule has 0 heterocycles. The molecule has 0 aromatic carbocycles. The molecule has 1 fully saturated rings. The van der Waals surface area contributed by atoms with E-state index in [1.165, 1.54) is 31.3 Å². The van der Waals surface area contributed by atoms with E-state index < -0.39 is 8.07 Å². The van der Waals surface area contributed by atoms with Gasteiger partial charge in [0, 0.05) is 0 Å². The summed E-state index contributed by atoms with van der Waals surface area (Å²) in [5.74, 6) is 0. The van der Waals surface area contributed by atoms with E-state index in [1.54, 1.807) is 0 Å². The molecular weight excluding hydrogens is 172 g/mol. The molecule has 1 saturated carbocycles. The van der Waals surface area contributed by atoms with Crippen molar-refractivity contribution >= 4 is 8.07 Å². The zero-order chi connectivity index (χ0) is 10.1. The molecule has 0 spiro atoms. The minimum Gasteiger partial charge on any atom is -0.0824 e. The lowest BCUT2D eigenvalue weighted by Gasteiger charge is -2.38. The van der Waals surface area contributed by atoms with Crippen molar-refractivity contribution in [3.05, 3.63) is 11.6 Å². The molecule has 76 valence electrons. The molecule has 0 aliphatic heterocycles. The molecule has 0 radical (unpaired) electrons. The van der Waals surface area contributed by atoms with E-state index in [0.29, 0.717) is 5.04 Å². The fraction of sp³-hybridized carbons (Fsp3) is 0.833. The minimum atomic E-state index is -1.01. The van der Waals surface area contributed by atoms with Gasteiger partial charge in [-0.1, -0.05) is 44.1 Å². The molecule has 1 rings (SSSR count). The lowest BCUT2D eigenvalue weighted by atomic mass is 10.0. The highest BCUT2D eigenvalue weighted by Gasteiger charge is 2.43. The van der Waals surface area contributed by atoms with E-state index in [9.17, 15) is 0 Å². The van der Waals surface area contributed by atoms with E-state index in [0.717, 1.165) is 0 Å². The van der Waals surface area contributed by atoms with E-state index >= 15 is 0 Å². The predicted molar refractivity (Wildman–Crippen MR) is 63.9 cm³/mol. The first-order valence-corrected chi connectivity index (χ1v) is 9.03. The van der Waals surface area contributed by atoms with Crippen LogP contribution in [-0.4, -0.2) is 8.07 Å². The summed E-state index contributed by atoms with van der Waals surface area (Å²) in [6.45, 7) is 12.1. The van der Waals surface area contributed by atoms with E-state index in [1.807, 2.05) is 0 Å². The fourth-order valence-corrected chi connectivity index (χ4v) is 5.24. The molecule has 0 bridgehead atoms. The molecule has 0 saturated heterocycles. The first kappa shape index (κ1) is 11.0. The highest BCUT2D eigenvalue weighted by Crippen LogP contribution is 2.53. The standard InChI is InChI=1S/C12H24Si/c1-11(2)10-12(13(3,4)5)8-6-7-9-12/h10H,6-9H2,1-5H3. The molecule has 0 unspecified atom stereocenters.